The van der Waals surface area contributed by atoms with E-state index < -0.39 is 0 Å². The third-order valence-electron chi connectivity index (χ3n) is 5.96. The number of benzene rings is 1. The summed E-state index contributed by atoms with van der Waals surface area (Å²) < 4.78 is 7.95. The molecule has 2 N–H and O–H groups in total. The predicted molar refractivity (Wildman–Crippen MR) is 102 cm³/mol. The van der Waals surface area contributed by atoms with Gasteiger partial charge in [0.2, 0.25) is 5.88 Å². The van der Waals surface area contributed by atoms with Crippen molar-refractivity contribution in [3.8, 4) is 28.6 Å². The fourth-order valence-electron chi connectivity index (χ4n) is 4.67. The summed E-state index contributed by atoms with van der Waals surface area (Å²) in [6, 6.07) is 9.61. The maximum absolute atomic E-state index is 10.5. The molecule has 2 bridgehead atoms. The van der Waals surface area contributed by atoms with E-state index in [4.69, 9.17) is 4.74 Å². The molecule has 2 atom stereocenters. The Hall–Kier alpha value is -3.35. The van der Waals surface area contributed by atoms with Crippen LogP contribution in [-0.4, -0.2) is 36.7 Å². The van der Waals surface area contributed by atoms with E-state index in [-0.39, 0.29) is 11.4 Å². The summed E-state index contributed by atoms with van der Waals surface area (Å²) in [5.41, 5.74) is 5.69. The highest BCUT2D eigenvalue weighted by Crippen LogP contribution is 2.56. The van der Waals surface area contributed by atoms with E-state index in [1.165, 1.54) is 11.3 Å². The second-order valence-corrected chi connectivity index (χ2v) is 7.90. The molecule has 2 aliphatic carbocycles. The standard InChI is InChI=1S/C21H19N5O2/c1-12-10-22-26(11-12)14-2-3-15(19(27)7-14)17-4-5-20(25-24-17)28-21-8-13-6-16(21)18(9-21)23-13/h2-5,7,10-11,13,23,27H,6,8-9H2,1H3/t13?,21-/m1/s1. The summed E-state index contributed by atoms with van der Waals surface area (Å²) in [6.45, 7) is 1.98. The minimum absolute atomic E-state index is 0.139. The van der Waals surface area contributed by atoms with Gasteiger partial charge in [0, 0.05) is 48.5 Å². The minimum atomic E-state index is -0.160. The van der Waals surface area contributed by atoms with E-state index in [1.54, 1.807) is 16.9 Å². The number of aromatic nitrogens is 4. The van der Waals surface area contributed by atoms with Gasteiger partial charge in [0.1, 0.15) is 11.4 Å². The maximum Gasteiger partial charge on any atom is 0.234 e. The molecule has 1 aromatic carbocycles. The van der Waals surface area contributed by atoms with E-state index in [0.29, 0.717) is 23.2 Å². The Bertz CT molecular complexity index is 1130. The molecule has 1 fully saturated rings. The molecule has 0 spiro atoms. The lowest BCUT2D eigenvalue weighted by Gasteiger charge is -2.44. The predicted octanol–water partition coefficient (Wildman–Crippen LogP) is 2.88. The van der Waals surface area contributed by atoms with Gasteiger partial charge < -0.3 is 15.2 Å². The van der Waals surface area contributed by atoms with E-state index >= 15 is 0 Å². The van der Waals surface area contributed by atoms with Gasteiger partial charge in [0.25, 0.3) is 0 Å². The number of aromatic hydroxyl groups is 1. The Morgan fingerprint density at radius 3 is 2.82 bits per heavy atom. The Morgan fingerprint density at radius 2 is 2.18 bits per heavy atom. The molecule has 7 nitrogen and oxygen atoms in total. The van der Waals surface area contributed by atoms with Crippen molar-refractivity contribution in [1.82, 2.24) is 25.3 Å². The van der Waals surface area contributed by atoms with Crippen LogP contribution in [0.5, 0.6) is 11.6 Å². The van der Waals surface area contributed by atoms with E-state index in [1.807, 2.05) is 37.4 Å². The molecule has 6 rings (SSSR count). The quantitative estimate of drug-likeness (QED) is 0.731. The van der Waals surface area contributed by atoms with Crippen molar-refractivity contribution in [3.05, 3.63) is 59.6 Å². The van der Waals surface area contributed by atoms with Crippen molar-refractivity contribution >= 4 is 0 Å². The molecule has 0 amide bonds. The number of phenolic OH excluding ortho intramolecular Hbond substituents is 1. The number of fused-ring (bicyclic) bond motifs is 1. The monoisotopic (exact) mass is 373 g/mol. The number of hydrogen-bond donors (Lipinski definition) is 2. The van der Waals surface area contributed by atoms with Crippen molar-refractivity contribution < 1.29 is 9.84 Å². The summed E-state index contributed by atoms with van der Waals surface area (Å²) in [5.74, 6) is 0.672. The molecule has 3 heterocycles. The average Bonchev–Trinajstić information content (AvgIpc) is 3.34. The lowest BCUT2D eigenvalue weighted by atomic mass is 9.77. The molecule has 2 aromatic heterocycles. The second kappa shape index (κ2) is 5.34. The van der Waals surface area contributed by atoms with Crippen molar-refractivity contribution in [2.75, 3.05) is 0 Å². The summed E-state index contributed by atoms with van der Waals surface area (Å²) in [5, 5.41) is 26.8. The number of phenols is 1. The SMILES string of the molecule is Cc1cnn(-c2ccc(-c3ccc(O[C@]45CC6=C4CC(C5)N6)nn3)c(O)c2)c1. The molecule has 140 valence electrons. The summed E-state index contributed by atoms with van der Waals surface area (Å²) in [6.07, 6.45) is 6.73. The lowest BCUT2D eigenvalue weighted by molar-refractivity contribution is 0.0630. The molecule has 1 aliphatic heterocycles. The topological polar surface area (TPSA) is 85.1 Å². The van der Waals surface area contributed by atoms with Gasteiger partial charge in [-0.3, -0.25) is 0 Å². The van der Waals surface area contributed by atoms with Gasteiger partial charge in [-0.05, 0) is 42.7 Å². The highest BCUT2D eigenvalue weighted by Gasteiger charge is 2.59. The highest BCUT2D eigenvalue weighted by molar-refractivity contribution is 5.68. The van der Waals surface area contributed by atoms with Crippen molar-refractivity contribution in [1.29, 1.82) is 0 Å². The van der Waals surface area contributed by atoms with Crippen LogP contribution in [0, 0.1) is 6.92 Å². The molecule has 7 heteroatoms. The van der Waals surface area contributed by atoms with Crippen LogP contribution < -0.4 is 10.1 Å². The fraction of sp³-hybridized carbons (Fsp3) is 0.286. The number of aryl methyl sites for hydroxylation is 1. The molecule has 1 saturated carbocycles. The number of nitrogens with one attached hydrogen (secondary N) is 1. The van der Waals surface area contributed by atoms with Crippen LogP contribution in [0.4, 0.5) is 0 Å². The first-order valence-electron chi connectivity index (χ1n) is 9.46. The van der Waals surface area contributed by atoms with Crippen LogP contribution in [0.1, 0.15) is 24.8 Å². The Kier molecular flexibility index (Phi) is 2.99. The third-order valence-corrected chi connectivity index (χ3v) is 5.96. The van der Waals surface area contributed by atoms with Crippen LogP contribution in [0.25, 0.3) is 16.9 Å². The fourth-order valence-corrected chi connectivity index (χ4v) is 4.67. The Balaban J connectivity index is 1.24. The molecule has 3 aromatic rings. The third kappa shape index (κ3) is 2.19. The molecule has 28 heavy (non-hydrogen) atoms. The molecule has 3 aliphatic rings. The van der Waals surface area contributed by atoms with E-state index in [9.17, 15) is 5.11 Å². The molecule has 1 unspecified atom stereocenters. The molecular weight excluding hydrogens is 354 g/mol. The minimum Gasteiger partial charge on any atom is -0.507 e. The van der Waals surface area contributed by atoms with Crippen LogP contribution in [0.3, 0.4) is 0 Å². The van der Waals surface area contributed by atoms with Crippen molar-refractivity contribution in [2.45, 2.75) is 37.8 Å². The first kappa shape index (κ1) is 15.7. The van der Waals surface area contributed by atoms with Gasteiger partial charge in [-0.25, -0.2) is 4.68 Å². The second-order valence-electron chi connectivity index (χ2n) is 7.90. The number of hydrogen-bond acceptors (Lipinski definition) is 6. The van der Waals surface area contributed by atoms with Crippen LogP contribution in [0.2, 0.25) is 0 Å². The smallest absolute Gasteiger partial charge is 0.234 e. The zero-order valence-electron chi connectivity index (χ0n) is 15.4. The zero-order chi connectivity index (χ0) is 18.9. The van der Waals surface area contributed by atoms with Crippen LogP contribution in [-0.2, 0) is 0 Å². The van der Waals surface area contributed by atoms with Gasteiger partial charge in [-0.1, -0.05) is 0 Å². The summed E-state index contributed by atoms with van der Waals surface area (Å²) in [4.78, 5) is 0. The normalized spacial score (nSPS) is 24.2. The number of rotatable bonds is 4. The highest BCUT2D eigenvalue weighted by atomic mass is 16.5. The van der Waals surface area contributed by atoms with Gasteiger partial charge >= 0.3 is 0 Å². The molecular formula is C21H19N5O2. The largest absolute Gasteiger partial charge is 0.507 e. The van der Waals surface area contributed by atoms with Gasteiger partial charge in [0.15, 0.2) is 0 Å². The number of ether oxygens (including phenoxy) is 1. The first-order chi connectivity index (χ1) is 13.6. The Labute approximate surface area is 161 Å². The zero-order valence-corrected chi connectivity index (χ0v) is 15.4. The van der Waals surface area contributed by atoms with Crippen molar-refractivity contribution in [3.63, 3.8) is 0 Å². The lowest BCUT2D eigenvalue weighted by Crippen LogP contribution is -2.51. The van der Waals surface area contributed by atoms with Gasteiger partial charge in [-0.15, -0.1) is 10.2 Å². The molecule has 0 saturated heterocycles. The van der Waals surface area contributed by atoms with Gasteiger partial charge in [0.05, 0.1) is 17.6 Å². The summed E-state index contributed by atoms with van der Waals surface area (Å²) in [7, 11) is 0. The first-order valence-corrected chi connectivity index (χ1v) is 9.46. The van der Waals surface area contributed by atoms with Crippen molar-refractivity contribution in [2.24, 2.45) is 0 Å². The molecule has 0 radical (unpaired) electrons. The van der Waals surface area contributed by atoms with Crippen LogP contribution >= 0.6 is 0 Å². The summed E-state index contributed by atoms with van der Waals surface area (Å²) >= 11 is 0. The maximum atomic E-state index is 10.5. The number of nitrogens with zero attached hydrogens (tertiary/aromatic N) is 4. The van der Waals surface area contributed by atoms with E-state index in [0.717, 1.165) is 30.5 Å². The van der Waals surface area contributed by atoms with Crippen LogP contribution in [0.15, 0.2) is 54.0 Å². The average molecular weight is 373 g/mol. The van der Waals surface area contributed by atoms with Gasteiger partial charge in [-0.2, -0.15) is 5.10 Å². The number of piperidine rings is 1. The van der Waals surface area contributed by atoms with E-state index in [2.05, 4.69) is 20.6 Å². The Morgan fingerprint density at radius 1 is 1.25 bits per heavy atom.